The standard InChI is InChI=1S/C11H11NO3/c1-8-2-3-10(12(14)15)9(6-8)11(7-13)4-5-11/h2-3,6-7H,4-5H2,1H3. The topological polar surface area (TPSA) is 60.2 Å². The minimum atomic E-state index is -0.575. The van der Waals surface area contributed by atoms with Gasteiger partial charge in [0.25, 0.3) is 5.69 Å². The van der Waals surface area contributed by atoms with Gasteiger partial charge < -0.3 is 4.79 Å². The monoisotopic (exact) mass is 205 g/mol. The number of carbonyl (C=O) groups is 1. The quantitative estimate of drug-likeness (QED) is 0.431. The Bertz CT molecular complexity index is 435. The highest BCUT2D eigenvalue weighted by molar-refractivity contribution is 5.76. The molecule has 15 heavy (non-hydrogen) atoms. The van der Waals surface area contributed by atoms with Crippen LogP contribution in [-0.4, -0.2) is 11.2 Å². The lowest BCUT2D eigenvalue weighted by molar-refractivity contribution is -0.385. The summed E-state index contributed by atoms with van der Waals surface area (Å²) in [6.07, 6.45) is 2.29. The molecular weight excluding hydrogens is 194 g/mol. The first kappa shape index (κ1) is 9.83. The molecule has 1 saturated carbocycles. The lowest BCUT2D eigenvalue weighted by atomic mass is 9.94. The van der Waals surface area contributed by atoms with Crippen molar-refractivity contribution in [1.29, 1.82) is 0 Å². The Labute approximate surface area is 87.1 Å². The van der Waals surface area contributed by atoms with Crippen LogP contribution in [0.5, 0.6) is 0 Å². The molecule has 0 unspecified atom stereocenters. The number of aldehydes is 1. The van der Waals surface area contributed by atoms with Crippen LogP contribution in [-0.2, 0) is 10.2 Å². The van der Waals surface area contributed by atoms with Gasteiger partial charge in [-0.1, -0.05) is 11.6 Å². The summed E-state index contributed by atoms with van der Waals surface area (Å²) >= 11 is 0. The molecule has 0 aromatic heterocycles. The molecule has 78 valence electrons. The molecule has 1 fully saturated rings. The van der Waals surface area contributed by atoms with E-state index in [0.717, 1.165) is 24.7 Å². The minimum absolute atomic E-state index is 0.0604. The van der Waals surface area contributed by atoms with Gasteiger partial charge in [0.2, 0.25) is 0 Å². The normalized spacial score (nSPS) is 17.1. The molecular formula is C11H11NO3. The second-order valence-electron chi connectivity index (χ2n) is 4.05. The van der Waals surface area contributed by atoms with Crippen LogP contribution in [0, 0.1) is 17.0 Å². The van der Waals surface area contributed by atoms with Gasteiger partial charge in [0, 0.05) is 11.6 Å². The molecule has 0 atom stereocenters. The molecule has 0 bridgehead atoms. The van der Waals surface area contributed by atoms with Crippen molar-refractivity contribution >= 4 is 12.0 Å². The van der Waals surface area contributed by atoms with Crippen molar-refractivity contribution in [2.24, 2.45) is 0 Å². The van der Waals surface area contributed by atoms with Crippen LogP contribution in [0.15, 0.2) is 18.2 Å². The predicted molar refractivity (Wildman–Crippen MR) is 54.8 cm³/mol. The predicted octanol–water partition coefficient (Wildman–Crippen LogP) is 2.13. The van der Waals surface area contributed by atoms with Crippen LogP contribution in [0.1, 0.15) is 24.0 Å². The van der Waals surface area contributed by atoms with E-state index in [4.69, 9.17) is 0 Å². The van der Waals surface area contributed by atoms with Crippen molar-refractivity contribution < 1.29 is 9.72 Å². The first-order valence-electron chi connectivity index (χ1n) is 4.81. The Morgan fingerprint density at radius 1 is 1.47 bits per heavy atom. The molecule has 0 aliphatic heterocycles. The van der Waals surface area contributed by atoms with Gasteiger partial charge >= 0.3 is 0 Å². The molecule has 4 heteroatoms. The Kier molecular flexibility index (Phi) is 2.07. The fourth-order valence-electron chi connectivity index (χ4n) is 1.79. The van der Waals surface area contributed by atoms with Gasteiger partial charge in [0.05, 0.1) is 10.3 Å². The molecule has 1 aliphatic carbocycles. The first-order valence-corrected chi connectivity index (χ1v) is 4.81. The van der Waals surface area contributed by atoms with E-state index in [1.54, 1.807) is 12.1 Å². The molecule has 1 aliphatic rings. The van der Waals surface area contributed by atoms with Gasteiger partial charge in [-0.2, -0.15) is 0 Å². The van der Waals surface area contributed by atoms with Crippen molar-refractivity contribution in [3.8, 4) is 0 Å². The van der Waals surface area contributed by atoms with Crippen LogP contribution in [0.3, 0.4) is 0 Å². The van der Waals surface area contributed by atoms with E-state index in [2.05, 4.69) is 0 Å². The summed E-state index contributed by atoms with van der Waals surface area (Å²) in [7, 11) is 0. The van der Waals surface area contributed by atoms with Crippen molar-refractivity contribution in [2.75, 3.05) is 0 Å². The summed E-state index contributed by atoms with van der Waals surface area (Å²) in [6.45, 7) is 1.87. The Balaban J connectivity index is 2.57. The van der Waals surface area contributed by atoms with Crippen molar-refractivity contribution in [3.05, 3.63) is 39.4 Å². The van der Waals surface area contributed by atoms with E-state index in [9.17, 15) is 14.9 Å². The third-order valence-corrected chi connectivity index (χ3v) is 2.90. The van der Waals surface area contributed by atoms with E-state index < -0.39 is 10.3 Å². The van der Waals surface area contributed by atoms with Crippen LogP contribution in [0.2, 0.25) is 0 Å². The first-order chi connectivity index (χ1) is 7.09. The smallest absolute Gasteiger partial charge is 0.273 e. The number of nitro groups is 1. The molecule has 0 radical (unpaired) electrons. The van der Waals surface area contributed by atoms with Gasteiger partial charge in [-0.15, -0.1) is 0 Å². The molecule has 1 aromatic carbocycles. The number of hydrogen-bond acceptors (Lipinski definition) is 3. The van der Waals surface area contributed by atoms with Crippen LogP contribution in [0.25, 0.3) is 0 Å². The molecule has 0 saturated heterocycles. The summed E-state index contributed by atoms with van der Waals surface area (Å²) in [5, 5.41) is 10.8. The van der Waals surface area contributed by atoms with Crippen LogP contribution < -0.4 is 0 Å². The lowest BCUT2D eigenvalue weighted by Gasteiger charge is -2.08. The van der Waals surface area contributed by atoms with Gasteiger partial charge in [-0.3, -0.25) is 10.1 Å². The van der Waals surface area contributed by atoms with Crippen molar-refractivity contribution in [1.82, 2.24) is 0 Å². The maximum absolute atomic E-state index is 11.0. The molecule has 4 nitrogen and oxygen atoms in total. The zero-order valence-electron chi connectivity index (χ0n) is 8.40. The largest absolute Gasteiger partial charge is 0.302 e. The van der Waals surface area contributed by atoms with E-state index in [-0.39, 0.29) is 5.69 Å². The Morgan fingerprint density at radius 3 is 2.60 bits per heavy atom. The second-order valence-corrected chi connectivity index (χ2v) is 4.05. The highest BCUT2D eigenvalue weighted by Gasteiger charge is 2.48. The number of carbonyl (C=O) groups excluding carboxylic acids is 1. The molecule has 0 heterocycles. The van der Waals surface area contributed by atoms with E-state index in [1.807, 2.05) is 6.92 Å². The third kappa shape index (κ3) is 1.52. The van der Waals surface area contributed by atoms with Gasteiger partial charge in [-0.25, -0.2) is 0 Å². The molecule has 0 N–H and O–H groups in total. The minimum Gasteiger partial charge on any atom is -0.302 e. The highest BCUT2D eigenvalue weighted by atomic mass is 16.6. The lowest BCUT2D eigenvalue weighted by Crippen LogP contribution is -2.11. The average Bonchev–Trinajstić information content (AvgIpc) is 2.97. The number of hydrogen-bond donors (Lipinski definition) is 0. The summed E-state index contributed by atoms with van der Waals surface area (Å²) in [6, 6.07) is 4.93. The van der Waals surface area contributed by atoms with E-state index in [0.29, 0.717) is 5.56 Å². The fourth-order valence-corrected chi connectivity index (χ4v) is 1.79. The van der Waals surface area contributed by atoms with Gasteiger partial charge in [0.15, 0.2) is 0 Å². The second kappa shape index (κ2) is 3.15. The average molecular weight is 205 g/mol. The zero-order chi connectivity index (χ0) is 11.1. The Hall–Kier alpha value is -1.71. The molecule has 1 aromatic rings. The Morgan fingerprint density at radius 2 is 2.13 bits per heavy atom. The van der Waals surface area contributed by atoms with Gasteiger partial charge in [-0.05, 0) is 25.8 Å². The summed E-state index contributed by atoms with van der Waals surface area (Å²) in [5.74, 6) is 0. The van der Waals surface area contributed by atoms with Gasteiger partial charge in [0.1, 0.15) is 6.29 Å². The zero-order valence-corrected chi connectivity index (χ0v) is 8.40. The summed E-state index contributed by atoms with van der Waals surface area (Å²) in [5.41, 5.74) is 1.01. The van der Waals surface area contributed by atoms with E-state index >= 15 is 0 Å². The maximum Gasteiger partial charge on any atom is 0.273 e. The number of benzene rings is 1. The van der Waals surface area contributed by atoms with Crippen molar-refractivity contribution in [3.63, 3.8) is 0 Å². The maximum atomic E-state index is 11.0. The van der Waals surface area contributed by atoms with Crippen LogP contribution >= 0.6 is 0 Å². The van der Waals surface area contributed by atoms with E-state index in [1.165, 1.54) is 6.07 Å². The molecule has 0 spiro atoms. The fraction of sp³-hybridized carbons (Fsp3) is 0.364. The summed E-state index contributed by atoms with van der Waals surface area (Å²) in [4.78, 5) is 21.3. The highest BCUT2D eigenvalue weighted by Crippen LogP contribution is 2.49. The van der Waals surface area contributed by atoms with Crippen LogP contribution in [0.4, 0.5) is 5.69 Å². The third-order valence-electron chi connectivity index (χ3n) is 2.90. The number of nitro benzene ring substituents is 1. The summed E-state index contributed by atoms with van der Waals surface area (Å²) < 4.78 is 0. The molecule has 2 rings (SSSR count). The van der Waals surface area contributed by atoms with Crippen molar-refractivity contribution in [2.45, 2.75) is 25.2 Å². The number of aryl methyl sites for hydroxylation is 1. The number of rotatable bonds is 3. The molecule has 0 amide bonds. The number of nitrogens with zero attached hydrogens (tertiary/aromatic N) is 1. The SMILES string of the molecule is Cc1ccc([N+](=O)[O-])c(C2(C=O)CC2)c1.